The van der Waals surface area contributed by atoms with Gasteiger partial charge < -0.3 is 19.5 Å². The molecule has 0 unspecified atom stereocenters. The Balaban J connectivity index is 1.60. The maximum absolute atomic E-state index is 13.3. The van der Waals surface area contributed by atoms with Crippen LogP contribution in [0.25, 0.3) is 5.69 Å². The van der Waals surface area contributed by atoms with Gasteiger partial charge in [-0.25, -0.2) is 9.07 Å². The molecule has 0 spiro atoms. The van der Waals surface area contributed by atoms with E-state index in [0.29, 0.717) is 46.6 Å². The lowest BCUT2D eigenvalue weighted by molar-refractivity contribution is 0.102. The molecule has 4 aromatic rings. The third-order valence-electron chi connectivity index (χ3n) is 5.09. The Kier molecular flexibility index (Phi) is 6.77. The van der Waals surface area contributed by atoms with Gasteiger partial charge in [-0.1, -0.05) is 30.3 Å². The Morgan fingerprint density at radius 3 is 2.24 bits per heavy atom. The maximum atomic E-state index is 13.3. The van der Waals surface area contributed by atoms with Crippen molar-refractivity contribution in [2.45, 2.75) is 13.5 Å². The van der Waals surface area contributed by atoms with Crippen LogP contribution in [0.5, 0.6) is 17.2 Å². The van der Waals surface area contributed by atoms with E-state index in [-0.39, 0.29) is 5.82 Å². The molecule has 1 heterocycles. The number of rotatable bonds is 8. The van der Waals surface area contributed by atoms with E-state index in [1.807, 2.05) is 30.3 Å². The third kappa shape index (κ3) is 5.01. The molecule has 0 fully saturated rings. The smallest absolute Gasteiger partial charge is 0.257 e. The van der Waals surface area contributed by atoms with Gasteiger partial charge in [0.15, 0.2) is 11.5 Å². The molecule has 0 saturated carbocycles. The van der Waals surface area contributed by atoms with Crippen molar-refractivity contribution in [1.82, 2.24) is 9.78 Å². The lowest BCUT2D eigenvalue weighted by Gasteiger charge is -2.16. The number of aromatic nitrogens is 2. The molecule has 8 heteroatoms. The summed E-state index contributed by atoms with van der Waals surface area (Å²) in [6.07, 6.45) is 0. The van der Waals surface area contributed by atoms with Crippen molar-refractivity contribution >= 4 is 11.7 Å². The second-order valence-corrected chi connectivity index (χ2v) is 7.50. The predicted molar refractivity (Wildman–Crippen MR) is 127 cm³/mol. The molecule has 1 aromatic heterocycles. The van der Waals surface area contributed by atoms with Crippen molar-refractivity contribution in [3.63, 3.8) is 0 Å². The summed E-state index contributed by atoms with van der Waals surface area (Å²) in [6, 6.07) is 20.4. The average Bonchev–Trinajstić information content (AvgIpc) is 3.22. The van der Waals surface area contributed by atoms with E-state index in [1.165, 1.54) is 26.4 Å². The van der Waals surface area contributed by atoms with Crippen molar-refractivity contribution in [3.05, 3.63) is 95.4 Å². The average molecular weight is 461 g/mol. The second kappa shape index (κ2) is 10.1. The Hall–Kier alpha value is -4.33. The largest absolute Gasteiger partial charge is 0.493 e. The van der Waals surface area contributed by atoms with E-state index in [0.717, 1.165) is 5.56 Å². The molecule has 3 aromatic carbocycles. The zero-order chi connectivity index (χ0) is 24.1. The first-order valence-electron chi connectivity index (χ1n) is 10.5. The number of ether oxygens (including phenoxy) is 3. The van der Waals surface area contributed by atoms with Gasteiger partial charge in [-0.2, -0.15) is 5.10 Å². The minimum absolute atomic E-state index is 0.310. The van der Waals surface area contributed by atoms with Crippen LogP contribution in [-0.2, 0) is 6.61 Å². The summed E-state index contributed by atoms with van der Waals surface area (Å²) in [4.78, 5) is 13.1. The zero-order valence-electron chi connectivity index (χ0n) is 19.0. The number of anilines is 1. The van der Waals surface area contributed by atoms with Gasteiger partial charge in [0.1, 0.15) is 18.2 Å². The summed E-state index contributed by atoms with van der Waals surface area (Å²) >= 11 is 0. The number of halogens is 1. The van der Waals surface area contributed by atoms with E-state index >= 15 is 0 Å². The van der Waals surface area contributed by atoms with Gasteiger partial charge in [0.05, 0.1) is 25.6 Å². The first-order chi connectivity index (χ1) is 16.5. The number of benzene rings is 3. The highest BCUT2D eigenvalue weighted by Crippen LogP contribution is 2.39. The van der Waals surface area contributed by atoms with Gasteiger partial charge in [-0.3, -0.25) is 4.79 Å². The lowest BCUT2D eigenvalue weighted by Crippen LogP contribution is -2.15. The summed E-state index contributed by atoms with van der Waals surface area (Å²) in [5.41, 5.74) is 2.60. The molecule has 0 aliphatic carbocycles. The molecule has 7 nitrogen and oxygen atoms in total. The fourth-order valence-corrected chi connectivity index (χ4v) is 3.44. The molecule has 0 aliphatic rings. The Morgan fingerprint density at radius 1 is 0.971 bits per heavy atom. The highest BCUT2D eigenvalue weighted by atomic mass is 19.1. The number of carbonyl (C=O) groups excluding carboxylic acids is 1. The van der Waals surface area contributed by atoms with Crippen molar-refractivity contribution in [1.29, 1.82) is 0 Å². The Morgan fingerprint density at radius 2 is 1.62 bits per heavy atom. The van der Waals surface area contributed by atoms with E-state index in [1.54, 1.807) is 41.9 Å². The highest BCUT2D eigenvalue weighted by Gasteiger charge is 2.19. The van der Waals surface area contributed by atoms with Crippen LogP contribution in [0.2, 0.25) is 0 Å². The van der Waals surface area contributed by atoms with Gasteiger partial charge >= 0.3 is 0 Å². The predicted octanol–water partition coefficient (Wildman–Crippen LogP) is 5.17. The number of methoxy groups -OCH3 is 2. The van der Waals surface area contributed by atoms with E-state index in [4.69, 9.17) is 14.2 Å². The van der Waals surface area contributed by atoms with Crippen molar-refractivity contribution in [2.75, 3.05) is 19.5 Å². The lowest BCUT2D eigenvalue weighted by atomic mass is 10.1. The second-order valence-electron chi connectivity index (χ2n) is 7.50. The molecular formula is C26H24FN3O4. The van der Waals surface area contributed by atoms with Gasteiger partial charge in [0, 0.05) is 11.6 Å². The van der Waals surface area contributed by atoms with Crippen LogP contribution < -0.4 is 19.5 Å². The van der Waals surface area contributed by atoms with E-state index in [9.17, 15) is 9.18 Å². The maximum Gasteiger partial charge on any atom is 0.257 e. The number of carbonyl (C=O) groups is 1. The summed E-state index contributed by atoms with van der Waals surface area (Å²) < 4.78 is 31.8. The summed E-state index contributed by atoms with van der Waals surface area (Å²) in [6.45, 7) is 2.12. The molecule has 4 rings (SSSR count). The molecule has 0 bridgehead atoms. The van der Waals surface area contributed by atoms with Gasteiger partial charge in [-0.15, -0.1) is 0 Å². The van der Waals surface area contributed by atoms with Crippen molar-refractivity contribution < 1.29 is 23.4 Å². The fraction of sp³-hybridized carbons (Fsp3) is 0.154. The van der Waals surface area contributed by atoms with Crippen molar-refractivity contribution in [3.8, 4) is 22.9 Å². The molecule has 0 radical (unpaired) electrons. The molecule has 0 aliphatic heterocycles. The highest BCUT2D eigenvalue weighted by molar-refractivity contribution is 6.04. The standard InChI is InChI=1S/C26H24FN3O4/c1-17-13-24(30(29-17)21-11-9-20(27)10-12-21)28-26(31)19-14-22(32-2)25(23(15-19)33-3)34-16-18-7-5-4-6-8-18/h4-15H,16H2,1-3H3,(H,28,31). The first kappa shape index (κ1) is 22.8. The number of hydrogen-bond acceptors (Lipinski definition) is 5. The quantitative estimate of drug-likeness (QED) is 0.392. The van der Waals surface area contributed by atoms with Crippen LogP contribution in [0, 0.1) is 12.7 Å². The van der Waals surface area contributed by atoms with Crippen LogP contribution in [0.1, 0.15) is 21.6 Å². The van der Waals surface area contributed by atoms with Gasteiger partial charge in [0.25, 0.3) is 5.91 Å². The number of aryl methyl sites for hydroxylation is 1. The minimum Gasteiger partial charge on any atom is -0.493 e. The van der Waals surface area contributed by atoms with E-state index < -0.39 is 5.91 Å². The first-order valence-corrected chi connectivity index (χ1v) is 10.5. The SMILES string of the molecule is COc1cc(C(=O)Nc2cc(C)nn2-c2ccc(F)cc2)cc(OC)c1OCc1ccccc1. The zero-order valence-corrected chi connectivity index (χ0v) is 19.0. The number of nitrogens with zero attached hydrogens (tertiary/aromatic N) is 2. The topological polar surface area (TPSA) is 74.6 Å². The molecule has 1 amide bonds. The van der Waals surface area contributed by atoms with Gasteiger partial charge in [-0.05, 0) is 48.9 Å². The van der Waals surface area contributed by atoms with Crippen molar-refractivity contribution in [2.24, 2.45) is 0 Å². The van der Waals surface area contributed by atoms with Crippen LogP contribution in [0.3, 0.4) is 0 Å². The molecule has 1 N–H and O–H groups in total. The fourth-order valence-electron chi connectivity index (χ4n) is 3.44. The molecule has 0 saturated heterocycles. The summed E-state index contributed by atoms with van der Waals surface area (Å²) in [7, 11) is 3.00. The summed E-state index contributed by atoms with van der Waals surface area (Å²) in [5.74, 6) is 0.822. The van der Waals surface area contributed by atoms with Crippen LogP contribution >= 0.6 is 0 Å². The molecule has 34 heavy (non-hydrogen) atoms. The van der Waals surface area contributed by atoms with Gasteiger partial charge in [0.2, 0.25) is 5.75 Å². The van der Waals surface area contributed by atoms with E-state index in [2.05, 4.69) is 10.4 Å². The monoisotopic (exact) mass is 461 g/mol. The molecular weight excluding hydrogens is 437 g/mol. The molecule has 0 atom stereocenters. The van der Waals surface area contributed by atoms with Crippen LogP contribution in [0.15, 0.2) is 72.8 Å². The Bertz CT molecular complexity index is 1260. The van der Waals surface area contributed by atoms with Crippen LogP contribution in [0.4, 0.5) is 10.2 Å². The Labute approximate surface area is 196 Å². The number of amides is 1. The minimum atomic E-state index is -0.394. The molecule has 174 valence electrons. The van der Waals surface area contributed by atoms with Crippen LogP contribution in [-0.4, -0.2) is 29.9 Å². The third-order valence-corrected chi connectivity index (χ3v) is 5.09. The number of nitrogens with one attached hydrogen (secondary N) is 1. The summed E-state index contributed by atoms with van der Waals surface area (Å²) in [5, 5.41) is 7.26. The normalized spacial score (nSPS) is 10.6. The number of hydrogen-bond donors (Lipinski definition) is 1.